The molecule has 4 rings (SSSR count). The van der Waals surface area contributed by atoms with Crippen LogP contribution in [0.5, 0.6) is 11.5 Å². The van der Waals surface area contributed by atoms with Crippen molar-refractivity contribution in [2.45, 2.75) is 13.5 Å². The number of hydrogen-bond acceptors (Lipinski definition) is 6. The van der Waals surface area contributed by atoms with E-state index in [1.807, 2.05) is 30.1 Å². The zero-order valence-corrected chi connectivity index (χ0v) is 16.4. The number of nitrogens with one attached hydrogen (secondary N) is 1. The van der Waals surface area contributed by atoms with E-state index in [-0.39, 0.29) is 5.91 Å². The van der Waals surface area contributed by atoms with Crippen LogP contribution in [0.1, 0.15) is 21.9 Å². The minimum atomic E-state index is -0.304. The van der Waals surface area contributed by atoms with E-state index in [4.69, 9.17) is 9.47 Å². The molecule has 3 aromatic rings. The molecule has 1 N–H and O–H groups in total. The van der Waals surface area contributed by atoms with E-state index in [9.17, 15) is 4.79 Å². The van der Waals surface area contributed by atoms with Gasteiger partial charge in [-0.05, 0) is 24.6 Å². The van der Waals surface area contributed by atoms with Crippen molar-refractivity contribution in [1.29, 1.82) is 0 Å². The van der Waals surface area contributed by atoms with Crippen molar-refractivity contribution in [2.75, 3.05) is 30.5 Å². The first-order valence-corrected chi connectivity index (χ1v) is 9.40. The fourth-order valence-electron chi connectivity index (χ4n) is 3.12. The molecule has 1 aromatic heterocycles. The summed E-state index contributed by atoms with van der Waals surface area (Å²) in [6, 6.07) is 17.1. The average molecular weight is 390 g/mol. The standard InChI is InChI=1S/C22H22N4O3/c1-15-23-18(13-21(24-15)26(2)14-16-6-4-3-5-7-16)22(27)25-17-8-9-19-20(12-17)29-11-10-28-19/h3-9,12-13H,10-11,14H2,1-2H3,(H,25,27). The zero-order valence-electron chi connectivity index (χ0n) is 16.4. The lowest BCUT2D eigenvalue weighted by atomic mass is 10.2. The summed E-state index contributed by atoms with van der Waals surface area (Å²) < 4.78 is 11.1. The number of benzene rings is 2. The Morgan fingerprint density at radius 2 is 1.79 bits per heavy atom. The van der Waals surface area contributed by atoms with Crippen LogP contribution in [0.2, 0.25) is 0 Å². The maximum atomic E-state index is 12.8. The molecule has 0 radical (unpaired) electrons. The Morgan fingerprint density at radius 1 is 1.03 bits per heavy atom. The fourth-order valence-corrected chi connectivity index (χ4v) is 3.12. The normalized spacial score (nSPS) is 12.3. The lowest BCUT2D eigenvalue weighted by Gasteiger charge is -2.20. The minimum absolute atomic E-state index is 0.304. The predicted octanol–water partition coefficient (Wildman–Crippen LogP) is 3.44. The smallest absolute Gasteiger partial charge is 0.274 e. The number of carbonyl (C=O) groups is 1. The molecular weight excluding hydrogens is 368 g/mol. The van der Waals surface area contributed by atoms with Crippen molar-refractivity contribution < 1.29 is 14.3 Å². The highest BCUT2D eigenvalue weighted by molar-refractivity contribution is 6.03. The number of aromatic nitrogens is 2. The van der Waals surface area contributed by atoms with Gasteiger partial charge in [0.25, 0.3) is 5.91 Å². The van der Waals surface area contributed by atoms with E-state index in [0.717, 1.165) is 5.56 Å². The Kier molecular flexibility index (Phi) is 5.29. The van der Waals surface area contributed by atoms with E-state index >= 15 is 0 Å². The summed E-state index contributed by atoms with van der Waals surface area (Å²) in [6.45, 7) is 3.48. The minimum Gasteiger partial charge on any atom is -0.486 e. The van der Waals surface area contributed by atoms with Crippen LogP contribution in [0.25, 0.3) is 0 Å². The van der Waals surface area contributed by atoms with Gasteiger partial charge in [0.05, 0.1) is 0 Å². The highest BCUT2D eigenvalue weighted by Gasteiger charge is 2.16. The monoisotopic (exact) mass is 390 g/mol. The number of nitrogens with zero attached hydrogens (tertiary/aromatic N) is 3. The second-order valence-corrected chi connectivity index (χ2v) is 6.81. The lowest BCUT2D eigenvalue weighted by Crippen LogP contribution is -2.21. The summed E-state index contributed by atoms with van der Waals surface area (Å²) in [5.74, 6) is 2.22. The quantitative estimate of drug-likeness (QED) is 0.719. The van der Waals surface area contributed by atoms with Crippen molar-refractivity contribution in [1.82, 2.24) is 9.97 Å². The Hall–Kier alpha value is -3.61. The third-order valence-electron chi connectivity index (χ3n) is 4.51. The van der Waals surface area contributed by atoms with Gasteiger partial charge in [0.2, 0.25) is 0 Å². The van der Waals surface area contributed by atoms with Crippen molar-refractivity contribution in [2.24, 2.45) is 0 Å². The first kappa shape index (κ1) is 18.7. The van der Waals surface area contributed by atoms with Crippen LogP contribution in [-0.2, 0) is 6.54 Å². The highest BCUT2D eigenvalue weighted by Crippen LogP contribution is 2.32. The first-order chi connectivity index (χ1) is 14.1. The van der Waals surface area contributed by atoms with Gasteiger partial charge in [-0.2, -0.15) is 0 Å². The number of rotatable bonds is 5. The SMILES string of the molecule is Cc1nc(C(=O)Nc2ccc3c(c2)OCCO3)cc(N(C)Cc2ccccc2)n1. The van der Waals surface area contributed by atoms with Crippen LogP contribution in [0.4, 0.5) is 11.5 Å². The molecule has 0 saturated carbocycles. The molecule has 1 amide bonds. The number of anilines is 2. The van der Waals surface area contributed by atoms with Crippen LogP contribution in [0.3, 0.4) is 0 Å². The summed E-state index contributed by atoms with van der Waals surface area (Å²) >= 11 is 0. The molecule has 0 unspecified atom stereocenters. The summed E-state index contributed by atoms with van der Waals surface area (Å²) in [5.41, 5.74) is 2.09. The molecule has 2 aromatic carbocycles. The molecular formula is C22H22N4O3. The number of aryl methyl sites for hydroxylation is 1. The lowest BCUT2D eigenvalue weighted by molar-refractivity contribution is 0.102. The van der Waals surface area contributed by atoms with Gasteiger partial charge in [0.1, 0.15) is 30.5 Å². The van der Waals surface area contributed by atoms with Gasteiger partial charge in [-0.3, -0.25) is 4.79 Å². The van der Waals surface area contributed by atoms with Crippen LogP contribution < -0.4 is 19.7 Å². The van der Waals surface area contributed by atoms with Crippen molar-refractivity contribution in [3.63, 3.8) is 0 Å². The molecule has 0 atom stereocenters. The first-order valence-electron chi connectivity index (χ1n) is 9.40. The number of ether oxygens (including phenoxy) is 2. The Bertz CT molecular complexity index is 1020. The maximum absolute atomic E-state index is 12.8. The molecule has 0 fully saturated rings. The van der Waals surface area contributed by atoms with Crippen LogP contribution in [0.15, 0.2) is 54.6 Å². The maximum Gasteiger partial charge on any atom is 0.274 e. The second kappa shape index (κ2) is 8.18. The largest absolute Gasteiger partial charge is 0.486 e. The van der Waals surface area contributed by atoms with E-state index in [1.54, 1.807) is 31.2 Å². The van der Waals surface area contributed by atoms with E-state index in [1.165, 1.54) is 0 Å². The van der Waals surface area contributed by atoms with Gasteiger partial charge < -0.3 is 19.7 Å². The topological polar surface area (TPSA) is 76.6 Å². The van der Waals surface area contributed by atoms with Gasteiger partial charge in [0, 0.05) is 31.4 Å². The fraction of sp³-hybridized carbons (Fsp3) is 0.227. The Morgan fingerprint density at radius 3 is 2.59 bits per heavy atom. The molecule has 1 aliphatic rings. The summed E-state index contributed by atoms with van der Waals surface area (Å²) in [7, 11) is 1.94. The van der Waals surface area contributed by atoms with Crippen LogP contribution in [0, 0.1) is 6.92 Å². The molecule has 7 nitrogen and oxygen atoms in total. The van der Waals surface area contributed by atoms with Crippen molar-refractivity contribution >= 4 is 17.4 Å². The molecule has 0 saturated heterocycles. The third kappa shape index (κ3) is 4.45. The highest BCUT2D eigenvalue weighted by atomic mass is 16.6. The molecule has 2 heterocycles. The van der Waals surface area contributed by atoms with Crippen molar-refractivity contribution in [3.05, 3.63) is 71.7 Å². The van der Waals surface area contributed by atoms with Gasteiger partial charge in [-0.25, -0.2) is 9.97 Å². The molecule has 0 spiro atoms. The number of carbonyl (C=O) groups excluding carboxylic acids is 1. The number of amides is 1. The molecule has 0 aliphatic carbocycles. The third-order valence-corrected chi connectivity index (χ3v) is 4.51. The van der Waals surface area contributed by atoms with E-state index < -0.39 is 0 Å². The molecule has 1 aliphatic heterocycles. The summed E-state index contributed by atoms with van der Waals surface area (Å²) in [5, 5.41) is 2.87. The predicted molar refractivity (Wildman–Crippen MR) is 111 cm³/mol. The Balaban J connectivity index is 1.51. The van der Waals surface area contributed by atoms with Crippen molar-refractivity contribution in [3.8, 4) is 11.5 Å². The molecule has 7 heteroatoms. The second-order valence-electron chi connectivity index (χ2n) is 6.81. The van der Waals surface area contributed by atoms with E-state index in [2.05, 4.69) is 27.4 Å². The zero-order chi connectivity index (χ0) is 20.2. The number of hydrogen-bond donors (Lipinski definition) is 1. The average Bonchev–Trinajstić information content (AvgIpc) is 2.74. The summed E-state index contributed by atoms with van der Waals surface area (Å²) in [4.78, 5) is 23.5. The Labute approximate surface area is 169 Å². The van der Waals surface area contributed by atoms with Gasteiger partial charge in [-0.15, -0.1) is 0 Å². The summed E-state index contributed by atoms with van der Waals surface area (Å²) in [6.07, 6.45) is 0. The van der Waals surface area contributed by atoms with Gasteiger partial charge in [0.15, 0.2) is 11.5 Å². The van der Waals surface area contributed by atoms with Crippen LogP contribution >= 0.6 is 0 Å². The van der Waals surface area contributed by atoms with Crippen LogP contribution in [-0.4, -0.2) is 36.1 Å². The molecule has 0 bridgehead atoms. The molecule has 29 heavy (non-hydrogen) atoms. The van der Waals surface area contributed by atoms with E-state index in [0.29, 0.717) is 54.3 Å². The number of fused-ring (bicyclic) bond motifs is 1. The molecule has 148 valence electrons. The van der Waals surface area contributed by atoms with Gasteiger partial charge >= 0.3 is 0 Å². The van der Waals surface area contributed by atoms with Gasteiger partial charge in [-0.1, -0.05) is 30.3 Å².